The molecule has 0 amide bonds. The van der Waals surface area contributed by atoms with E-state index in [1.807, 2.05) is 31.5 Å². The second kappa shape index (κ2) is 9.03. The van der Waals surface area contributed by atoms with E-state index in [0.717, 1.165) is 30.7 Å². The normalized spacial score (nSPS) is 19.6. The number of nitrogens with zero attached hydrogens (tertiary/aromatic N) is 4. The average molecular weight is 455 g/mol. The van der Waals surface area contributed by atoms with Crippen molar-refractivity contribution < 1.29 is 9.13 Å². The standard InChI is InChI=1S/C26H35FN4O2/c1-6-30-23-14-21(27)10-11-22(23)31(24(30)32)17-26(18-33-7-2)12-13-29(16-26)25(4,5)20-9-8-19(3)28-15-20/h8-11,14-15H,6-7,12-13,16-18H2,1-5H3. The molecule has 7 heteroatoms. The van der Waals surface area contributed by atoms with Crippen LogP contribution in [0.15, 0.2) is 41.3 Å². The van der Waals surface area contributed by atoms with Gasteiger partial charge in [-0.25, -0.2) is 9.18 Å². The summed E-state index contributed by atoms with van der Waals surface area (Å²) in [6.45, 7) is 14.3. The molecule has 0 saturated carbocycles. The summed E-state index contributed by atoms with van der Waals surface area (Å²) in [6.07, 6.45) is 2.88. The Labute approximate surface area is 195 Å². The summed E-state index contributed by atoms with van der Waals surface area (Å²) in [7, 11) is 0. The van der Waals surface area contributed by atoms with Gasteiger partial charge in [-0.2, -0.15) is 0 Å². The zero-order valence-electron chi connectivity index (χ0n) is 20.4. The highest BCUT2D eigenvalue weighted by atomic mass is 19.1. The van der Waals surface area contributed by atoms with E-state index in [2.05, 4.69) is 35.9 Å². The summed E-state index contributed by atoms with van der Waals surface area (Å²) < 4.78 is 23.4. The monoisotopic (exact) mass is 454 g/mol. The van der Waals surface area contributed by atoms with Crippen molar-refractivity contribution >= 4 is 11.0 Å². The second-order valence-corrected chi connectivity index (χ2v) is 9.80. The molecular weight excluding hydrogens is 419 g/mol. The van der Waals surface area contributed by atoms with Crippen molar-refractivity contribution in [3.05, 3.63) is 64.1 Å². The van der Waals surface area contributed by atoms with Gasteiger partial charge in [0.15, 0.2) is 0 Å². The SMILES string of the molecule is CCOCC1(Cn2c(=O)n(CC)c3cc(F)ccc32)CCN(C(C)(C)c2ccc(C)nc2)C1. The van der Waals surface area contributed by atoms with Gasteiger partial charge in [-0.1, -0.05) is 6.07 Å². The lowest BCUT2D eigenvalue weighted by atomic mass is 9.87. The second-order valence-electron chi connectivity index (χ2n) is 9.80. The smallest absolute Gasteiger partial charge is 0.329 e. The van der Waals surface area contributed by atoms with Gasteiger partial charge in [0.2, 0.25) is 0 Å². The van der Waals surface area contributed by atoms with Crippen molar-refractivity contribution in [2.45, 2.75) is 59.7 Å². The summed E-state index contributed by atoms with van der Waals surface area (Å²) in [5.74, 6) is -0.327. The molecular formula is C26H35FN4O2. The molecule has 1 aliphatic heterocycles. The molecule has 1 fully saturated rings. The topological polar surface area (TPSA) is 52.3 Å². The molecule has 0 aliphatic carbocycles. The first-order valence-electron chi connectivity index (χ1n) is 11.9. The fourth-order valence-corrected chi connectivity index (χ4v) is 5.12. The number of likely N-dealkylation sites (tertiary alicyclic amines) is 1. The minimum Gasteiger partial charge on any atom is -0.381 e. The van der Waals surface area contributed by atoms with Crippen molar-refractivity contribution in [1.29, 1.82) is 0 Å². The quantitative estimate of drug-likeness (QED) is 0.508. The Morgan fingerprint density at radius 2 is 1.94 bits per heavy atom. The summed E-state index contributed by atoms with van der Waals surface area (Å²) in [6, 6.07) is 8.82. The molecule has 2 aromatic heterocycles. The van der Waals surface area contributed by atoms with Crippen molar-refractivity contribution in [2.75, 3.05) is 26.3 Å². The van der Waals surface area contributed by atoms with Gasteiger partial charge < -0.3 is 4.74 Å². The summed E-state index contributed by atoms with van der Waals surface area (Å²) >= 11 is 0. The Morgan fingerprint density at radius 3 is 2.61 bits per heavy atom. The van der Waals surface area contributed by atoms with Crippen LogP contribution in [0.4, 0.5) is 4.39 Å². The van der Waals surface area contributed by atoms with Crippen LogP contribution >= 0.6 is 0 Å². The molecule has 6 nitrogen and oxygen atoms in total. The summed E-state index contributed by atoms with van der Waals surface area (Å²) in [5, 5.41) is 0. The van der Waals surface area contributed by atoms with Crippen LogP contribution in [0.25, 0.3) is 11.0 Å². The zero-order valence-corrected chi connectivity index (χ0v) is 20.4. The first-order valence-corrected chi connectivity index (χ1v) is 11.9. The van der Waals surface area contributed by atoms with E-state index in [4.69, 9.17) is 4.74 Å². The number of hydrogen-bond acceptors (Lipinski definition) is 4. The van der Waals surface area contributed by atoms with Gasteiger partial charge in [0.05, 0.1) is 17.6 Å². The van der Waals surface area contributed by atoms with Gasteiger partial charge in [0.25, 0.3) is 0 Å². The van der Waals surface area contributed by atoms with Crippen LogP contribution in [0, 0.1) is 18.2 Å². The Morgan fingerprint density at radius 1 is 1.15 bits per heavy atom. The molecule has 1 aliphatic rings. The number of halogens is 1. The lowest BCUT2D eigenvalue weighted by Crippen LogP contribution is -2.44. The average Bonchev–Trinajstić information content (AvgIpc) is 3.33. The Bertz CT molecular complexity index is 1180. The molecule has 1 saturated heterocycles. The fraction of sp³-hybridized carbons (Fsp3) is 0.538. The number of aromatic nitrogens is 3. The van der Waals surface area contributed by atoms with E-state index >= 15 is 0 Å². The number of rotatable bonds is 8. The van der Waals surface area contributed by atoms with Gasteiger partial charge in [0, 0.05) is 49.1 Å². The number of imidazole rings is 1. The van der Waals surface area contributed by atoms with Gasteiger partial charge in [-0.15, -0.1) is 0 Å². The van der Waals surface area contributed by atoms with Crippen LogP contribution in [-0.2, 0) is 23.4 Å². The van der Waals surface area contributed by atoms with E-state index < -0.39 is 0 Å². The molecule has 3 heterocycles. The highest BCUT2D eigenvalue weighted by molar-refractivity contribution is 5.76. The van der Waals surface area contributed by atoms with E-state index in [0.29, 0.717) is 31.8 Å². The molecule has 4 rings (SSSR count). The van der Waals surface area contributed by atoms with Crippen LogP contribution in [0.2, 0.25) is 0 Å². The lowest BCUT2D eigenvalue weighted by molar-refractivity contribution is 0.0333. The molecule has 0 radical (unpaired) electrons. The van der Waals surface area contributed by atoms with E-state index in [-0.39, 0.29) is 22.5 Å². The summed E-state index contributed by atoms with van der Waals surface area (Å²) in [5.41, 5.74) is 3.11. The third-order valence-corrected chi connectivity index (χ3v) is 7.25. The van der Waals surface area contributed by atoms with Gasteiger partial charge in [0.1, 0.15) is 5.82 Å². The Kier molecular flexibility index (Phi) is 6.47. The number of ether oxygens (including phenoxy) is 1. The van der Waals surface area contributed by atoms with Crippen LogP contribution in [-0.4, -0.2) is 45.3 Å². The highest BCUT2D eigenvalue weighted by Crippen LogP contribution is 2.40. The largest absolute Gasteiger partial charge is 0.381 e. The third kappa shape index (κ3) is 4.36. The van der Waals surface area contributed by atoms with E-state index in [1.165, 1.54) is 17.7 Å². The zero-order chi connectivity index (χ0) is 23.8. The molecule has 1 unspecified atom stereocenters. The number of pyridine rings is 1. The number of hydrogen-bond donors (Lipinski definition) is 0. The van der Waals surface area contributed by atoms with Gasteiger partial charge in [-0.05, 0) is 77.4 Å². The maximum absolute atomic E-state index is 14.0. The van der Waals surface area contributed by atoms with Crippen molar-refractivity contribution in [3.8, 4) is 0 Å². The van der Waals surface area contributed by atoms with Gasteiger partial charge >= 0.3 is 5.69 Å². The first-order chi connectivity index (χ1) is 15.7. The third-order valence-electron chi connectivity index (χ3n) is 7.25. The molecule has 178 valence electrons. The van der Waals surface area contributed by atoms with E-state index in [1.54, 1.807) is 10.6 Å². The molecule has 0 N–H and O–H groups in total. The maximum Gasteiger partial charge on any atom is 0.329 e. The van der Waals surface area contributed by atoms with Crippen molar-refractivity contribution in [3.63, 3.8) is 0 Å². The van der Waals surface area contributed by atoms with Crippen LogP contribution in [0.3, 0.4) is 0 Å². The van der Waals surface area contributed by atoms with Crippen LogP contribution < -0.4 is 5.69 Å². The minimum atomic E-state index is -0.327. The first kappa shape index (κ1) is 23.6. The maximum atomic E-state index is 14.0. The van der Waals surface area contributed by atoms with Gasteiger partial charge in [-0.3, -0.25) is 19.0 Å². The van der Waals surface area contributed by atoms with Crippen molar-refractivity contribution in [2.24, 2.45) is 5.41 Å². The molecule has 33 heavy (non-hydrogen) atoms. The lowest BCUT2D eigenvalue weighted by Gasteiger charge is -2.38. The molecule has 1 atom stereocenters. The van der Waals surface area contributed by atoms with Crippen LogP contribution in [0.5, 0.6) is 0 Å². The molecule has 0 bridgehead atoms. The number of aryl methyl sites for hydroxylation is 2. The summed E-state index contributed by atoms with van der Waals surface area (Å²) in [4.78, 5) is 20.3. The predicted octanol–water partition coefficient (Wildman–Crippen LogP) is 4.33. The Balaban J connectivity index is 1.69. The molecule has 3 aromatic rings. The highest BCUT2D eigenvalue weighted by Gasteiger charge is 2.44. The molecule has 0 spiro atoms. The molecule has 1 aromatic carbocycles. The van der Waals surface area contributed by atoms with E-state index in [9.17, 15) is 9.18 Å². The number of fused-ring (bicyclic) bond motifs is 1. The number of benzene rings is 1. The fourth-order valence-electron chi connectivity index (χ4n) is 5.12. The van der Waals surface area contributed by atoms with Crippen LogP contribution in [0.1, 0.15) is 45.4 Å². The van der Waals surface area contributed by atoms with Crippen molar-refractivity contribution in [1.82, 2.24) is 19.0 Å². The minimum absolute atomic E-state index is 0.0885. The Hall–Kier alpha value is -2.51. The predicted molar refractivity (Wildman–Crippen MR) is 129 cm³/mol.